The Hall–Kier alpha value is -3.42. The van der Waals surface area contributed by atoms with Crippen LogP contribution in [0.2, 0.25) is 0 Å². The predicted molar refractivity (Wildman–Crippen MR) is 107 cm³/mol. The van der Waals surface area contributed by atoms with E-state index in [4.69, 9.17) is 4.74 Å². The molecular weight excluding hydrogens is 374 g/mol. The zero-order chi connectivity index (χ0) is 21.2. The number of rotatable bonds is 6. The van der Waals surface area contributed by atoms with Crippen LogP contribution in [-0.2, 0) is 19.1 Å². The summed E-state index contributed by atoms with van der Waals surface area (Å²) >= 11 is 0. The van der Waals surface area contributed by atoms with E-state index in [2.05, 4.69) is 10.6 Å². The molecule has 0 spiro atoms. The molecule has 1 saturated heterocycles. The van der Waals surface area contributed by atoms with Crippen molar-refractivity contribution in [2.45, 2.75) is 38.8 Å². The summed E-state index contributed by atoms with van der Waals surface area (Å²) in [5, 5.41) is 7.28. The van der Waals surface area contributed by atoms with Crippen molar-refractivity contribution in [3.05, 3.63) is 42.5 Å². The zero-order valence-corrected chi connectivity index (χ0v) is 16.5. The van der Waals surface area contributed by atoms with E-state index in [1.807, 2.05) is 36.4 Å². The molecule has 2 aromatic rings. The lowest BCUT2D eigenvalue weighted by atomic mass is 10.1. The van der Waals surface area contributed by atoms with Crippen molar-refractivity contribution in [2.24, 2.45) is 0 Å². The Kier molecular flexibility index (Phi) is 5.54. The van der Waals surface area contributed by atoms with Crippen LogP contribution in [0.1, 0.15) is 27.2 Å². The lowest BCUT2D eigenvalue weighted by molar-refractivity contribution is -0.153. The van der Waals surface area contributed by atoms with Crippen molar-refractivity contribution in [3.8, 4) is 0 Å². The molecule has 1 aliphatic rings. The van der Waals surface area contributed by atoms with Gasteiger partial charge in [0.15, 0.2) is 6.10 Å². The standard InChI is InChI=1S/C21H23N3O5/c1-13(18(26)22-16-9-8-14-6-4-5-7-15(14)12-16)29-17(25)10-11-24-19(27)21(2,3)23-20(24)28/h4-9,12-13H,10-11H2,1-3H3,(H,22,26)(H,23,28)/t13-/m1/s1. The van der Waals surface area contributed by atoms with E-state index in [1.54, 1.807) is 19.9 Å². The Bertz CT molecular complexity index is 985. The molecule has 3 rings (SSSR count). The van der Waals surface area contributed by atoms with E-state index in [0.717, 1.165) is 15.7 Å². The molecule has 0 aliphatic carbocycles. The number of hydrogen-bond acceptors (Lipinski definition) is 5. The van der Waals surface area contributed by atoms with Gasteiger partial charge in [-0.2, -0.15) is 0 Å². The third kappa shape index (κ3) is 4.53. The van der Waals surface area contributed by atoms with E-state index in [9.17, 15) is 19.2 Å². The number of imide groups is 1. The molecule has 1 atom stereocenters. The second-order valence-corrected chi connectivity index (χ2v) is 7.45. The Labute approximate surface area is 168 Å². The van der Waals surface area contributed by atoms with Crippen LogP contribution >= 0.6 is 0 Å². The average Bonchev–Trinajstić information content (AvgIpc) is 2.86. The minimum Gasteiger partial charge on any atom is -0.452 e. The number of nitrogens with zero attached hydrogens (tertiary/aromatic N) is 1. The van der Waals surface area contributed by atoms with E-state index in [0.29, 0.717) is 5.69 Å². The van der Waals surface area contributed by atoms with E-state index < -0.39 is 35.5 Å². The van der Waals surface area contributed by atoms with Crippen LogP contribution in [0, 0.1) is 0 Å². The Morgan fingerprint density at radius 3 is 2.48 bits per heavy atom. The molecule has 4 amide bonds. The number of ether oxygens (including phenoxy) is 1. The van der Waals surface area contributed by atoms with Gasteiger partial charge in [-0.05, 0) is 43.7 Å². The van der Waals surface area contributed by atoms with Crippen molar-refractivity contribution in [1.82, 2.24) is 10.2 Å². The van der Waals surface area contributed by atoms with Gasteiger partial charge in [-0.25, -0.2) is 4.79 Å². The van der Waals surface area contributed by atoms with Crippen LogP contribution in [0.5, 0.6) is 0 Å². The first-order valence-corrected chi connectivity index (χ1v) is 9.30. The number of benzene rings is 2. The quantitative estimate of drug-likeness (QED) is 0.575. The van der Waals surface area contributed by atoms with E-state index in [-0.39, 0.29) is 13.0 Å². The second kappa shape index (κ2) is 7.90. The molecule has 152 valence electrons. The van der Waals surface area contributed by atoms with Crippen molar-refractivity contribution in [2.75, 3.05) is 11.9 Å². The van der Waals surface area contributed by atoms with Crippen LogP contribution in [-0.4, -0.2) is 46.9 Å². The number of carbonyl (C=O) groups excluding carboxylic acids is 4. The maximum absolute atomic E-state index is 12.3. The largest absolute Gasteiger partial charge is 0.452 e. The van der Waals surface area contributed by atoms with Gasteiger partial charge < -0.3 is 15.4 Å². The van der Waals surface area contributed by atoms with Gasteiger partial charge in [-0.1, -0.05) is 30.3 Å². The number of fused-ring (bicyclic) bond motifs is 1. The minimum atomic E-state index is -1.02. The smallest absolute Gasteiger partial charge is 0.325 e. The third-order valence-corrected chi connectivity index (χ3v) is 4.68. The number of nitrogens with one attached hydrogen (secondary N) is 2. The molecule has 8 nitrogen and oxygen atoms in total. The summed E-state index contributed by atoms with van der Waals surface area (Å²) in [6, 6.07) is 12.7. The number of carbonyl (C=O) groups is 4. The highest BCUT2D eigenvalue weighted by Gasteiger charge is 2.44. The molecule has 0 radical (unpaired) electrons. The molecule has 1 heterocycles. The molecule has 0 aromatic heterocycles. The summed E-state index contributed by atoms with van der Waals surface area (Å²) in [4.78, 5) is 49.3. The molecule has 29 heavy (non-hydrogen) atoms. The number of esters is 1. The van der Waals surface area contributed by atoms with E-state index >= 15 is 0 Å². The summed E-state index contributed by atoms with van der Waals surface area (Å²) in [6.07, 6.45) is -1.21. The van der Waals surface area contributed by atoms with Crippen LogP contribution in [0.15, 0.2) is 42.5 Å². The predicted octanol–water partition coefficient (Wildman–Crippen LogP) is 2.43. The molecular formula is C21H23N3O5. The average molecular weight is 397 g/mol. The number of hydrogen-bond donors (Lipinski definition) is 2. The summed E-state index contributed by atoms with van der Waals surface area (Å²) in [5.41, 5.74) is -0.397. The Morgan fingerprint density at radius 1 is 1.14 bits per heavy atom. The fourth-order valence-corrected chi connectivity index (χ4v) is 3.04. The van der Waals surface area contributed by atoms with Crippen LogP contribution in [0.25, 0.3) is 10.8 Å². The minimum absolute atomic E-state index is 0.105. The van der Waals surface area contributed by atoms with Crippen LogP contribution < -0.4 is 10.6 Å². The summed E-state index contributed by atoms with van der Waals surface area (Å²) in [7, 11) is 0. The topological polar surface area (TPSA) is 105 Å². The highest BCUT2D eigenvalue weighted by molar-refractivity contribution is 6.06. The molecule has 0 bridgehead atoms. The van der Waals surface area contributed by atoms with Crippen LogP contribution in [0.3, 0.4) is 0 Å². The molecule has 8 heteroatoms. The summed E-state index contributed by atoms with van der Waals surface area (Å²) < 4.78 is 5.13. The first-order valence-electron chi connectivity index (χ1n) is 9.30. The SMILES string of the molecule is C[C@@H](OC(=O)CCN1C(=O)NC(C)(C)C1=O)C(=O)Nc1ccc2ccccc2c1. The van der Waals surface area contributed by atoms with Gasteiger partial charge in [0.2, 0.25) is 0 Å². The monoisotopic (exact) mass is 397 g/mol. The maximum atomic E-state index is 12.3. The van der Waals surface area contributed by atoms with Crippen molar-refractivity contribution in [1.29, 1.82) is 0 Å². The molecule has 1 aliphatic heterocycles. The van der Waals surface area contributed by atoms with Gasteiger partial charge in [-0.15, -0.1) is 0 Å². The lowest BCUT2D eigenvalue weighted by Crippen LogP contribution is -2.40. The van der Waals surface area contributed by atoms with E-state index in [1.165, 1.54) is 6.92 Å². The van der Waals surface area contributed by atoms with Gasteiger partial charge in [0.1, 0.15) is 5.54 Å². The normalized spacial score (nSPS) is 16.4. The second-order valence-electron chi connectivity index (χ2n) is 7.45. The first kappa shape index (κ1) is 20.3. The molecule has 2 N–H and O–H groups in total. The summed E-state index contributed by atoms with van der Waals surface area (Å²) in [6.45, 7) is 4.53. The number of amides is 4. The van der Waals surface area contributed by atoms with Crippen molar-refractivity contribution >= 4 is 40.3 Å². The fraction of sp³-hybridized carbons (Fsp3) is 0.333. The fourth-order valence-electron chi connectivity index (χ4n) is 3.04. The summed E-state index contributed by atoms with van der Waals surface area (Å²) in [5.74, 6) is -1.54. The zero-order valence-electron chi connectivity index (χ0n) is 16.5. The van der Waals surface area contributed by atoms with Gasteiger partial charge in [-0.3, -0.25) is 19.3 Å². The third-order valence-electron chi connectivity index (χ3n) is 4.68. The van der Waals surface area contributed by atoms with Gasteiger partial charge >= 0.3 is 12.0 Å². The van der Waals surface area contributed by atoms with Gasteiger partial charge in [0.25, 0.3) is 11.8 Å². The maximum Gasteiger partial charge on any atom is 0.325 e. The molecule has 1 fully saturated rings. The molecule has 2 aromatic carbocycles. The van der Waals surface area contributed by atoms with Gasteiger partial charge in [0.05, 0.1) is 6.42 Å². The van der Waals surface area contributed by atoms with Crippen molar-refractivity contribution < 1.29 is 23.9 Å². The van der Waals surface area contributed by atoms with Crippen molar-refractivity contribution in [3.63, 3.8) is 0 Å². The highest BCUT2D eigenvalue weighted by Crippen LogP contribution is 2.19. The molecule has 0 saturated carbocycles. The Morgan fingerprint density at radius 2 is 1.83 bits per heavy atom. The number of anilines is 1. The first-order chi connectivity index (χ1) is 13.7. The van der Waals surface area contributed by atoms with Crippen LogP contribution in [0.4, 0.5) is 10.5 Å². The lowest BCUT2D eigenvalue weighted by Gasteiger charge is -2.17. The highest BCUT2D eigenvalue weighted by atomic mass is 16.5. The van der Waals surface area contributed by atoms with Gasteiger partial charge in [0, 0.05) is 12.2 Å². The Balaban J connectivity index is 1.51. The molecule has 0 unspecified atom stereocenters. The number of urea groups is 1.